The molecule has 0 spiro atoms. The normalized spacial score (nSPS) is 40.6. The Morgan fingerprint density at radius 3 is 2.77 bits per heavy atom. The van der Waals surface area contributed by atoms with Gasteiger partial charge in [0, 0.05) is 19.2 Å². The van der Waals surface area contributed by atoms with Gasteiger partial charge in [-0.3, -0.25) is 4.90 Å². The van der Waals surface area contributed by atoms with Gasteiger partial charge in [0.25, 0.3) is 0 Å². The van der Waals surface area contributed by atoms with Crippen molar-refractivity contribution in [3.05, 3.63) is 0 Å². The summed E-state index contributed by atoms with van der Waals surface area (Å²) in [6.45, 7) is 0.920. The van der Waals surface area contributed by atoms with E-state index >= 15 is 0 Å². The maximum Gasteiger partial charge on any atom is 0.0618 e. The molecule has 2 aliphatic rings. The average Bonchev–Trinajstić information content (AvgIpc) is 2.46. The van der Waals surface area contributed by atoms with Crippen LogP contribution < -0.4 is 0 Å². The van der Waals surface area contributed by atoms with Crippen LogP contribution in [0.1, 0.15) is 32.1 Å². The second-order valence-electron chi connectivity index (χ2n) is 4.62. The Morgan fingerprint density at radius 2 is 2.08 bits per heavy atom. The summed E-state index contributed by atoms with van der Waals surface area (Å²) in [4.78, 5) is 2.56. The molecule has 0 N–H and O–H groups in total. The number of likely N-dealkylation sites (N-methyl/N-ethyl adjacent to an activating group) is 1. The minimum absolute atomic E-state index is 0.693. The first kappa shape index (κ1) is 9.47. The third-order valence-corrected chi connectivity index (χ3v) is 3.90. The molecule has 0 bridgehead atoms. The van der Waals surface area contributed by atoms with Crippen LogP contribution in [0, 0.1) is 5.92 Å². The Bertz CT molecular complexity index is 171. The van der Waals surface area contributed by atoms with E-state index in [1.807, 2.05) is 7.11 Å². The molecule has 2 fully saturated rings. The van der Waals surface area contributed by atoms with E-state index in [4.69, 9.17) is 4.74 Å². The van der Waals surface area contributed by atoms with Crippen LogP contribution in [0.5, 0.6) is 0 Å². The molecule has 1 saturated carbocycles. The molecular weight excluding hydrogens is 162 g/mol. The highest BCUT2D eigenvalue weighted by Gasteiger charge is 2.39. The maximum atomic E-state index is 5.26. The van der Waals surface area contributed by atoms with Gasteiger partial charge in [-0.05, 0) is 32.2 Å². The summed E-state index contributed by atoms with van der Waals surface area (Å²) in [5.41, 5.74) is 0. The van der Waals surface area contributed by atoms with Gasteiger partial charge in [0.1, 0.15) is 0 Å². The first-order valence-corrected chi connectivity index (χ1v) is 5.54. The molecule has 0 radical (unpaired) electrons. The lowest BCUT2D eigenvalue weighted by Crippen LogP contribution is -2.37. The molecule has 2 nitrogen and oxygen atoms in total. The molecular formula is C11H21NO. The van der Waals surface area contributed by atoms with Crippen molar-refractivity contribution in [2.24, 2.45) is 5.92 Å². The summed E-state index contributed by atoms with van der Waals surface area (Å²) in [6.07, 6.45) is 7.13. The summed E-state index contributed by atoms with van der Waals surface area (Å²) >= 11 is 0. The van der Waals surface area contributed by atoms with Gasteiger partial charge in [0.05, 0.1) is 6.61 Å². The molecule has 1 aliphatic carbocycles. The summed E-state index contributed by atoms with van der Waals surface area (Å²) in [5, 5.41) is 0. The number of hydrogen-bond donors (Lipinski definition) is 0. The Hall–Kier alpha value is -0.0800. The summed E-state index contributed by atoms with van der Waals surface area (Å²) in [7, 11) is 4.09. The van der Waals surface area contributed by atoms with E-state index in [2.05, 4.69) is 11.9 Å². The van der Waals surface area contributed by atoms with Crippen LogP contribution in [0.4, 0.5) is 0 Å². The van der Waals surface area contributed by atoms with Gasteiger partial charge in [-0.2, -0.15) is 0 Å². The van der Waals surface area contributed by atoms with Gasteiger partial charge in [-0.1, -0.05) is 12.8 Å². The van der Waals surface area contributed by atoms with E-state index in [0.29, 0.717) is 6.04 Å². The van der Waals surface area contributed by atoms with Gasteiger partial charge in [-0.15, -0.1) is 0 Å². The lowest BCUT2D eigenvalue weighted by Gasteiger charge is -2.30. The predicted molar refractivity (Wildman–Crippen MR) is 53.8 cm³/mol. The summed E-state index contributed by atoms with van der Waals surface area (Å²) in [5.74, 6) is 0.971. The Labute approximate surface area is 81.3 Å². The largest absolute Gasteiger partial charge is 0.383 e. The highest BCUT2D eigenvalue weighted by Crippen LogP contribution is 2.38. The number of rotatable bonds is 2. The minimum Gasteiger partial charge on any atom is -0.383 e. The molecule has 2 heteroatoms. The lowest BCUT2D eigenvalue weighted by molar-refractivity contribution is 0.107. The third-order valence-electron chi connectivity index (χ3n) is 3.90. The Morgan fingerprint density at radius 1 is 1.31 bits per heavy atom. The fraction of sp³-hybridized carbons (Fsp3) is 1.00. The highest BCUT2D eigenvalue weighted by molar-refractivity contribution is 4.93. The minimum atomic E-state index is 0.693. The molecule has 0 amide bonds. The molecule has 3 atom stereocenters. The molecule has 0 aromatic heterocycles. The van der Waals surface area contributed by atoms with Gasteiger partial charge in [0.15, 0.2) is 0 Å². The smallest absolute Gasteiger partial charge is 0.0618 e. The van der Waals surface area contributed by atoms with Gasteiger partial charge in [0.2, 0.25) is 0 Å². The Balaban J connectivity index is 1.96. The summed E-state index contributed by atoms with van der Waals surface area (Å²) in [6, 6.07) is 1.56. The average molecular weight is 183 g/mol. The zero-order chi connectivity index (χ0) is 9.26. The second-order valence-corrected chi connectivity index (χ2v) is 4.62. The molecule has 1 heterocycles. The third kappa shape index (κ3) is 1.75. The molecule has 13 heavy (non-hydrogen) atoms. The number of fused-ring (bicyclic) bond motifs is 1. The van der Waals surface area contributed by atoms with Gasteiger partial charge < -0.3 is 4.74 Å². The fourth-order valence-corrected chi connectivity index (χ4v) is 3.16. The van der Waals surface area contributed by atoms with Crippen molar-refractivity contribution in [2.75, 3.05) is 20.8 Å². The first-order chi connectivity index (χ1) is 6.33. The van der Waals surface area contributed by atoms with Crippen molar-refractivity contribution in [3.8, 4) is 0 Å². The topological polar surface area (TPSA) is 12.5 Å². The number of likely N-dealkylation sites (tertiary alicyclic amines) is 1. The van der Waals surface area contributed by atoms with E-state index < -0.39 is 0 Å². The van der Waals surface area contributed by atoms with Gasteiger partial charge in [-0.25, -0.2) is 0 Å². The number of ether oxygens (including phenoxy) is 1. The first-order valence-electron chi connectivity index (χ1n) is 5.54. The van der Waals surface area contributed by atoms with E-state index in [-0.39, 0.29) is 0 Å². The quantitative estimate of drug-likeness (QED) is 0.648. The molecule has 1 unspecified atom stereocenters. The molecule has 1 aliphatic heterocycles. The van der Waals surface area contributed by atoms with Crippen LogP contribution in [0.3, 0.4) is 0 Å². The van der Waals surface area contributed by atoms with E-state index in [1.165, 1.54) is 32.1 Å². The SMILES string of the molecule is COCC1C[C@@H]2CCCC[C@@H]2N1C. The van der Waals surface area contributed by atoms with Crippen LogP contribution in [-0.4, -0.2) is 37.7 Å². The molecule has 76 valence electrons. The van der Waals surface area contributed by atoms with Crippen LogP contribution in [0.2, 0.25) is 0 Å². The van der Waals surface area contributed by atoms with Crippen LogP contribution in [0.15, 0.2) is 0 Å². The Kier molecular flexibility index (Phi) is 2.89. The zero-order valence-electron chi connectivity index (χ0n) is 8.83. The predicted octanol–water partition coefficient (Wildman–Crippen LogP) is 1.90. The van der Waals surface area contributed by atoms with Crippen molar-refractivity contribution in [1.82, 2.24) is 4.90 Å². The highest BCUT2D eigenvalue weighted by atomic mass is 16.5. The van der Waals surface area contributed by atoms with Crippen molar-refractivity contribution in [2.45, 2.75) is 44.2 Å². The summed E-state index contributed by atoms with van der Waals surface area (Å²) < 4.78 is 5.26. The zero-order valence-corrected chi connectivity index (χ0v) is 8.83. The van der Waals surface area contributed by atoms with Crippen LogP contribution >= 0.6 is 0 Å². The van der Waals surface area contributed by atoms with Crippen molar-refractivity contribution >= 4 is 0 Å². The molecule has 1 saturated heterocycles. The van der Waals surface area contributed by atoms with Crippen molar-refractivity contribution < 1.29 is 4.74 Å². The lowest BCUT2D eigenvalue weighted by atomic mass is 9.85. The molecule has 0 aromatic carbocycles. The monoisotopic (exact) mass is 183 g/mol. The van der Waals surface area contributed by atoms with E-state index in [9.17, 15) is 0 Å². The second kappa shape index (κ2) is 3.97. The van der Waals surface area contributed by atoms with Gasteiger partial charge >= 0.3 is 0 Å². The van der Waals surface area contributed by atoms with Crippen molar-refractivity contribution in [3.63, 3.8) is 0 Å². The number of nitrogens with zero attached hydrogens (tertiary/aromatic N) is 1. The van der Waals surface area contributed by atoms with E-state index in [0.717, 1.165) is 18.6 Å². The van der Waals surface area contributed by atoms with Crippen molar-refractivity contribution in [1.29, 1.82) is 0 Å². The van der Waals surface area contributed by atoms with Crippen LogP contribution in [-0.2, 0) is 4.74 Å². The molecule has 2 rings (SSSR count). The van der Waals surface area contributed by atoms with E-state index in [1.54, 1.807) is 0 Å². The standard InChI is InChI=1S/C11H21NO/c1-12-10(8-13-2)7-9-5-3-4-6-11(9)12/h9-11H,3-8H2,1-2H3/t9-,10?,11-/m0/s1. The van der Waals surface area contributed by atoms with Crippen LogP contribution in [0.25, 0.3) is 0 Å². The maximum absolute atomic E-state index is 5.26. The fourth-order valence-electron chi connectivity index (χ4n) is 3.16. The number of hydrogen-bond acceptors (Lipinski definition) is 2. The molecule has 0 aromatic rings. The number of methoxy groups -OCH3 is 1.